The molecule has 0 bridgehead atoms. The van der Waals surface area contributed by atoms with Crippen molar-refractivity contribution in [2.45, 2.75) is 26.8 Å². The van der Waals surface area contributed by atoms with Crippen molar-refractivity contribution in [1.29, 1.82) is 0 Å². The monoisotopic (exact) mass is 303 g/mol. The Morgan fingerprint density at radius 1 is 1.33 bits per heavy atom. The largest absolute Gasteiger partial charge is 0.389 e. The summed E-state index contributed by atoms with van der Waals surface area (Å²) < 4.78 is 5.06. The molecule has 0 aliphatic heterocycles. The van der Waals surface area contributed by atoms with Gasteiger partial charge in [-0.05, 0) is 19.4 Å². The molecule has 5 nitrogen and oxygen atoms in total. The van der Waals surface area contributed by atoms with Gasteiger partial charge >= 0.3 is 0 Å². The van der Waals surface area contributed by atoms with Crippen molar-refractivity contribution in [3.05, 3.63) is 52.4 Å². The van der Waals surface area contributed by atoms with Crippen LogP contribution in [0.25, 0.3) is 0 Å². The number of aromatic nitrogens is 1. The van der Waals surface area contributed by atoms with Crippen LogP contribution in [0.5, 0.6) is 0 Å². The first-order chi connectivity index (χ1) is 9.97. The number of carbonyl (C=O) groups is 1. The lowest BCUT2D eigenvalue weighted by Gasteiger charge is -2.06. The van der Waals surface area contributed by atoms with Gasteiger partial charge in [0.15, 0.2) is 0 Å². The summed E-state index contributed by atoms with van der Waals surface area (Å²) in [5.74, 6) is 0.673. The van der Waals surface area contributed by atoms with Crippen LogP contribution in [-0.2, 0) is 17.8 Å². The van der Waals surface area contributed by atoms with Crippen molar-refractivity contribution >= 4 is 23.1 Å². The lowest BCUT2D eigenvalue weighted by Crippen LogP contribution is -2.25. The van der Waals surface area contributed by atoms with Gasteiger partial charge in [0.05, 0.1) is 12.1 Å². The third-order valence-electron chi connectivity index (χ3n) is 3.25. The topological polar surface area (TPSA) is 81.2 Å². The molecule has 0 unspecified atom stereocenters. The van der Waals surface area contributed by atoms with E-state index >= 15 is 0 Å². The highest BCUT2D eigenvalue weighted by atomic mass is 32.1. The molecule has 21 heavy (non-hydrogen) atoms. The maximum atomic E-state index is 11.9. The van der Waals surface area contributed by atoms with Crippen molar-refractivity contribution in [3.8, 4) is 0 Å². The minimum atomic E-state index is -0.0573. The second kappa shape index (κ2) is 6.49. The summed E-state index contributed by atoms with van der Waals surface area (Å²) in [4.78, 5) is 12.3. The normalized spacial score (nSPS) is 10.4. The number of nitrogens with zero attached hydrogens (tertiary/aromatic N) is 1. The van der Waals surface area contributed by atoms with Gasteiger partial charge < -0.3 is 15.6 Å². The van der Waals surface area contributed by atoms with Crippen LogP contribution in [-0.4, -0.2) is 16.1 Å². The lowest BCUT2D eigenvalue weighted by molar-refractivity contribution is -0.120. The maximum Gasteiger partial charge on any atom is 0.224 e. The van der Waals surface area contributed by atoms with Crippen LogP contribution in [0.1, 0.15) is 28.1 Å². The quantitative estimate of drug-likeness (QED) is 0.823. The molecule has 1 aromatic heterocycles. The summed E-state index contributed by atoms with van der Waals surface area (Å²) in [7, 11) is 0. The van der Waals surface area contributed by atoms with E-state index in [2.05, 4.69) is 10.5 Å². The zero-order chi connectivity index (χ0) is 15.4. The number of hydrogen-bond donors (Lipinski definition) is 2. The summed E-state index contributed by atoms with van der Waals surface area (Å²) in [6.07, 6.45) is 0.307. The second-order valence-corrected chi connectivity index (χ2v) is 5.26. The number of hydrogen-bond acceptors (Lipinski definition) is 4. The summed E-state index contributed by atoms with van der Waals surface area (Å²) in [6, 6.07) is 7.34. The Hall–Kier alpha value is -2.21. The Labute approximate surface area is 128 Å². The Morgan fingerprint density at radius 3 is 2.52 bits per heavy atom. The number of rotatable bonds is 5. The standard InChI is InChI=1S/C15H17N3O2S/c1-9-13(10(2)20-18-9)8-17-14(19)7-11-3-5-12(6-4-11)15(16)21/h3-6H,7-8H2,1-2H3,(H2,16,21)(H,17,19). The van der Waals surface area contributed by atoms with Crippen molar-refractivity contribution < 1.29 is 9.32 Å². The van der Waals surface area contributed by atoms with Crippen molar-refractivity contribution in [2.75, 3.05) is 0 Å². The van der Waals surface area contributed by atoms with E-state index in [0.717, 1.165) is 28.1 Å². The number of thiocarbonyl (C=S) groups is 1. The fraction of sp³-hybridized carbons (Fsp3) is 0.267. The van der Waals surface area contributed by atoms with E-state index in [-0.39, 0.29) is 5.91 Å². The third-order valence-corrected chi connectivity index (χ3v) is 3.48. The predicted octanol–water partition coefficient (Wildman–Crippen LogP) is 1.78. The van der Waals surface area contributed by atoms with E-state index in [0.29, 0.717) is 18.0 Å². The van der Waals surface area contributed by atoms with Gasteiger partial charge in [-0.25, -0.2) is 0 Å². The summed E-state index contributed by atoms with van der Waals surface area (Å²) in [6.45, 7) is 4.10. The smallest absolute Gasteiger partial charge is 0.224 e. The average molecular weight is 303 g/mol. The van der Waals surface area contributed by atoms with Crippen LogP contribution in [0, 0.1) is 13.8 Å². The summed E-state index contributed by atoms with van der Waals surface area (Å²) in [5, 5.41) is 6.72. The molecule has 1 aromatic carbocycles. The molecule has 2 aromatic rings. The van der Waals surface area contributed by atoms with E-state index in [1.807, 2.05) is 38.1 Å². The van der Waals surface area contributed by atoms with Gasteiger partial charge in [0.25, 0.3) is 0 Å². The fourth-order valence-electron chi connectivity index (χ4n) is 1.98. The zero-order valence-electron chi connectivity index (χ0n) is 12.0. The SMILES string of the molecule is Cc1noc(C)c1CNC(=O)Cc1ccc(C(N)=S)cc1. The number of aryl methyl sites for hydroxylation is 2. The number of nitrogens with one attached hydrogen (secondary N) is 1. The first kappa shape index (κ1) is 15.2. The van der Waals surface area contributed by atoms with E-state index in [4.69, 9.17) is 22.5 Å². The van der Waals surface area contributed by atoms with E-state index in [9.17, 15) is 4.79 Å². The van der Waals surface area contributed by atoms with Gasteiger partial charge in [-0.2, -0.15) is 0 Å². The minimum absolute atomic E-state index is 0.0573. The molecule has 0 radical (unpaired) electrons. The van der Waals surface area contributed by atoms with Gasteiger partial charge in [-0.1, -0.05) is 41.6 Å². The number of nitrogens with two attached hydrogens (primary N) is 1. The first-order valence-corrected chi connectivity index (χ1v) is 6.95. The summed E-state index contributed by atoms with van der Waals surface area (Å²) in [5.41, 5.74) is 8.96. The summed E-state index contributed by atoms with van der Waals surface area (Å²) >= 11 is 4.89. The van der Waals surface area contributed by atoms with Crippen molar-refractivity contribution in [3.63, 3.8) is 0 Å². The van der Waals surface area contributed by atoms with E-state index in [1.165, 1.54) is 0 Å². The zero-order valence-corrected chi connectivity index (χ0v) is 12.8. The van der Waals surface area contributed by atoms with Crippen molar-refractivity contribution in [1.82, 2.24) is 10.5 Å². The lowest BCUT2D eigenvalue weighted by atomic mass is 10.1. The number of carbonyl (C=O) groups excluding carboxylic acids is 1. The molecule has 1 heterocycles. The highest BCUT2D eigenvalue weighted by Crippen LogP contribution is 2.11. The highest BCUT2D eigenvalue weighted by molar-refractivity contribution is 7.80. The molecule has 0 saturated carbocycles. The Bertz CT molecular complexity index is 643. The van der Waals surface area contributed by atoms with Gasteiger partial charge in [-0.3, -0.25) is 4.79 Å². The Kier molecular flexibility index (Phi) is 4.70. The Balaban J connectivity index is 1.91. The fourth-order valence-corrected chi connectivity index (χ4v) is 2.11. The van der Waals surface area contributed by atoms with Crippen LogP contribution < -0.4 is 11.1 Å². The molecule has 2 rings (SSSR count). The van der Waals surface area contributed by atoms with Crippen LogP contribution in [0.4, 0.5) is 0 Å². The highest BCUT2D eigenvalue weighted by Gasteiger charge is 2.10. The Morgan fingerprint density at radius 2 is 2.00 bits per heavy atom. The molecule has 0 aliphatic carbocycles. The second-order valence-electron chi connectivity index (χ2n) is 4.82. The molecule has 6 heteroatoms. The molecule has 0 aliphatic rings. The van der Waals surface area contributed by atoms with Gasteiger partial charge in [0.2, 0.25) is 5.91 Å². The van der Waals surface area contributed by atoms with Crippen LogP contribution in [0.2, 0.25) is 0 Å². The molecule has 0 fully saturated rings. The maximum absolute atomic E-state index is 11.9. The number of amides is 1. The molecular weight excluding hydrogens is 286 g/mol. The molecule has 0 atom stereocenters. The van der Waals surface area contributed by atoms with Crippen LogP contribution in [0.3, 0.4) is 0 Å². The van der Waals surface area contributed by atoms with Crippen molar-refractivity contribution in [2.24, 2.45) is 5.73 Å². The van der Waals surface area contributed by atoms with Gasteiger partial charge in [-0.15, -0.1) is 0 Å². The molecule has 3 N–H and O–H groups in total. The molecular formula is C15H17N3O2S. The molecule has 0 spiro atoms. The molecule has 0 saturated heterocycles. The van der Waals surface area contributed by atoms with Gasteiger partial charge in [0.1, 0.15) is 10.7 Å². The molecule has 110 valence electrons. The van der Waals surface area contributed by atoms with Crippen LogP contribution >= 0.6 is 12.2 Å². The van der Waals surface area contributed by atoms with Crippen LogP contribution in [0.15, 0.2) is 28.8 Å². The average Bonchev–Trinajstić information content (AvgIpc) is 2.76. The number of benzene rings is 1. The third kappa shape index (κ3) is 3.88. The van der Waals surface area contributed by atoms with E-state index in [1.54, 1.807) is 0 Å². The predicted molar refractivity (Wildman–Crippen MR) is 83.9 cm³/mol. The van der Waals surface area contributed by atoms with Gasteiger partial charge in [0, 0.05) is 17.7 Å². The molecule has 1 amide bonds. The minimum Gasteiger partial charge on any atom is -0.389 e. The first-order valence-electron chi connectivity index (χ1n) is 6.54. The van der Waals surface area contributed by atoms with E-state index < -0.39 is 0 Å².